The molecule has 6 nitrogen and oxygen atoms in total. The van der Waals surface area contributed by atoms with E-state index in [-0.39, 0.29) is 16.1 Å². The van der Waals surface area contributed by atoms with Gasteiger partial charge in [0.2, 0.25) is 5.91 Å². The minimum absolute atomic E-state index is 0.0842. The van der Waals surface area contributed by atoms with Gasteiger partial charge in [-0.1, -0.05) is 53.5 Å². The van der Waals surface area contributed by atoms with Gasteiger partial charge < -0.3 is 10.8 Å². The summed E-state index contributed by atoms with van der Waals surface area (Å²) >= 11 is 13.0. The zero-order chi connectivity index (χ0) is 25.4. The average molecular weight is 518 g/mol. The molecule has 0 unspecified atom stereocenters. The van der Waals surface area contributed by atoms with Crippen LogP contribution in [-0.4, -0.2) is 28.0 Å². The summed E-state index contributed by atoms with van der Waals surface area (Å²) in [5.41, 5.74) is 9.35. The summed E-state index contributed by atoms with van der Waals surface area (Å²) < 4.78 is 0. The number of hydrogen-bond acceptors (Lipinski definition) is 4. The first-order chi connectivity index (χ1) is 17.3. The van der Waals surface area contributed by atoms with Gasteiger partial charge in [-0.2, -0.15) is 0 Å². The molecule has 2 amide bonds. The molecule has 0 saturated carbocycles. The summed E-state index contributed by atoms with van der Waals surface area (Å²) in [6, 6.07) is 22.0. The Morgan fingerprint density at radius 1 is 0.944 bits per heavy atom. The smallest absolute Gasteiger partial charge is 0.260 e. The van der Waals surface area contributed by atoms with Crippen molar-refractivity contribution in [1.82, 2.24) is 4.98 Å². The predicted octanol–water partition coefficient (Wildman–Crippen LogP) is 5.46. The van der Waals surface area contributed by atoms with Crippen LogP contribution in [0.15, 0.2) is 85.1 Å². The topological polar surface area (TPSA) is 96.5 Å². The Bertz CT molecular complexity index is 1480. The molecule has 3 N–H and O–H groups in total. The van der Waals surface area contributed by atoms with Crippen LogP contribution >= 0.6 is 23.2 Å². The molecule has 0 fully saturated rings. The van der Waals surface area contributed by atoms with Gasteiger partial charge in [-0.3, -0.25) is 19.5 Å². The van der Waals surface area contributed by atoms with Crippen molar-refractivity contribution >= 4 is 40.7 Å². The lowest BCUT2D eigenvalue weighted by Crippen LogP contribution is -2.39. The van der Waals surface area contributed by atoms with Gasteiger partial charge in [0.15, 0.2) is 0 Å². The predicted molar refractivity (Wildman–Crippen MR) is 140 cm³/mol. The fourth-order valence-corrected chi connectivity index (χ4v) is 5.10. The molecule has 1 aliphatic rings. The maximum Gasteiger partial charge on any atom is 0.260 e. The molecule has 1 aliphatic carbocycles. The number of pyridine rings is 1. The summed E-state index contributed by atoms with van der Waals surface area (Å²) in [7, 11) is 0. The van der Waals surface area contributed by atoms with Gasteiger partial charge in [0.05, 0.1) is 33.4 Å². The van der Waals surface area contributed by atoms with Crippen molar-refractivity contribution in [3.8, 4) is 11.3 Å². The minimum Gasteiger partial charge on any atom is -0.390 e. The maximum atomic E-state index is 14.1. The van der Waals surface area contributed by atoms with E-state index in [1.807, 2.05) is 36.4 Å². The molecule has 0 aliphatic heterocycles. The van der Waals surface area contributed by atoms with E-state index < -0.39 is 24.0 Å². The van der Waals surface area contributed by atoms with Gasteiger partial charge in [-0.15, -0.1) is 0 Å². The quantitative estimate of drug-likeness (QED) is 0.367. The van der Waals surface area contributed by atoms with Crippen LogP contribution in [0.3, 0.4) is 0 Å². The lowest BCUT2D eigenvalue weighted by atomic mass is 10.0. The summed E-state index contributed by atoms with van der Waals surface area (Å²) in [5, 5.41) is 11.7. The third kappa shape index (κ3) is 4.35. The number of aliphatic hydroxyl groups is 1. The second-order valence-corrected chi connectivity index (χ2v) is 9.34. The fraction of sp³-hybridized carbons (Fsp3) is 0.107. The molecular weight excluding hydrogens is 497 g/mol. The van der Waals surface area contributed by atoms with E-state index in [2.05, 4.69) is 4.98 Å². The van der Waals surface area contributed by atoms with E-state index in [4.69, 9.17) is 28.9 Å². The number of fused-ring (bicyclic) bond motifs is 1. The first-order valence-corrected chi connectivity index (χ1v) is 12.0. The van der Waals surface area contributed by atoms with Crippen LogP contribution in [0.5, 0.6) is 0 Å². The molecule has 1 aromatic heterocycles. The van der Waals surface area contributed by atoms with Crippen molar-refractivity contribution in [2.45, 2.75) is 18.6 Å². The summed E-state index contributed by atoms with van der Waals surface area (Å²) in [5.74, 6) is -1.09. The molecule has 36 heavy (non-hydrogen) atoms. The molecule has 0 spiro atoms. The number of aliphatic hydroxyl groups excluding tert-OH is 1. The van der Waals surface area contributed by atoms with Gasteiger partial charge in [0.25, 0.3) is 5.91 Å². The highest BCUT2D eigenvalue weighted by Gasteiger charge is 2.39. The first-order valence-electron chi connectivity index (χ1n) is 11.2. The van der Waals surface area contributed by atoms with E-state index in [9.17, 15) is 14.7 Å². The number of halogens is 2. The number of nitrogens with two attached hydrogens (primary N) is 1. The van der Waals surface area contributed by atoms with Crippen molar-refractivity contribution in [3.63, 3.8) is 0 Å². The number of hydrogen-bond donors (Lipinski definition) is 2. The fourth-order valence-electron chi connectivity index (χ4n) is 4.62. The number of benzene rings is 3. The average Bonchev–Trinajstić information content (AvgIpc) is 3.21. The Hall–Kier alpha value is -3.71. The molecule has 1 heterocycles. The number of carbonyl (C=O) groups is 2. The van der Waals surface area contributed by atoms with E-state index >= 15 is 0 Å². The summed E-state index contributed by atoms with van der Waals surface area (Å²) in [6.45, 7) is 0. The number of rotatable bonds is 5. The monoisotopic (exact) mass is 517 g/mol. The zero-order valence-electron chi connectivity index (χ0n) is 18.9. The van der Waals surface area contributed by atoms with E-state index in [1.54, 1.807) is 30.5 Å². The molecule has 180 valence electrons. The third-order valence-electron chi connectivity index (χ3n) is 6.32. The molecule has 4 aromatic rings. The van der Waals surface area contributed by atoms with Crippen molar-refractivity contribution in [3.05, 3.63) is 117 Å². The summed E-state index contributed by atoms with van der Waals surface area (Å²) in [4.78, 5) is 31.6. The van der Waals surface area contributed by atoms with Gasteiger partial charge >= 0.3 is 0 Å². The molecule has 0 bridgehead atoms. The highest BCUT2D eigenvalue weighted by molar-refractivity contribution is 6.35. The molecule has 2 atom stereocenters. The Balaban J connectivity index is 1.68. The van der Waals surface area contributed by atoms with Crippen molar-refractivity contribution in [2.75, 3.05) is 4.90 Å². The summed E-state index contributed by atoms with van der Waals surface area (Å²) in [6.07, 6.45) is 1.22. The number of amides is 2. The first kappa shape index (κ1) is 24.0. The standard InChI is InChI=1S/C28H21Cl2N3O3/c29-22-11-9-18(15-21(22)24-7-3-4-12-32-24)33(26-19-6-2-1-5-16(19)14-25(26)34)28(36)20-10-8-17(27(31)35)13-23(20)30/h1-13,15,25-26,34H,14H2,(H2,31,35)/t25-,26+/m0/s1. The minimum atomic E-state index is -0.844. The number of aromatic nitrogens is 1. The van der Waals surface area contributed by atoms with Gasteiger partial charge in [0.1, 0.15) is 0 Å². The SMILES string of the molecule is NC(=O)c1ccc(C(=O)N(c2ccc(Cl)c(-c3ccccn3)c2)[C@@H]2c3ccccc3C[C@@H]2O)c(Cl)c1. The van der Waals surface area contributed by atoms with Crippen LogP contribution < -0.4 is 10.6 Å². The molecule has 8 heteroatoms. The van der Waals surface area contributed by atoms with Crippen LogP contribution in [0.25, 0.3) is 11.3 Å². The second-order valence-electron chi connectivity index (χ2n) is 8.53. The highest BCUT2D eigenvalue weighted by atomic mass is 35.5. The maximum absolute atomic E-state index is 14.1. The Kier molecular flexibility index (Phi) is 6.49. The Labute approximate surface area is 217 Å². The number of nitrogens with zero attached hydrogens (tertiary/aromatic N) is 2. The van der Waals surface area contributed by atoms with E-state index in [0.717, 1.165) is 11.1 Å². The highest BCUT2D eigenvalue weighted by Crippen LogP contribution is 2.42. The Morgan fingerprint density at radius 3 is 2.44 bits per heavy atom. The van der Waals surface area contributed by atoms with E-state index in [0.29, 0.717) is 28.4 Å². The lowest BCUT2D eigenvalue weighted by molar-refractivity contribution is 0.0924. The van der Waals surface area contributed by atoms with E-state index in [1.165, 1.54) is 23.1 Å². The van der Waals surface area contributed by atoms with Crippen molar-refractivity contribution in [2.24, 2.45) is 5.73 Å². The number of primary amides is 1. The molecule has 5 rings (SSSR count). The largest absolute Gasteiger partial charge is 0.390 e. The van der Waals surface area contributed by atoms with Gasteiger partial charge in [-0.25, -0.2) is 0 Å². The van der Waals surface area contributed by atoms with Crippen molar-refractivity contribution in [1.29, 1.82) is 0 Å². The number of carbonyl (C=O) groups excluding carboxylic acids is 2. The third-order valence-corrected chi connectivity index (χ3v) is 6.96. The van der Waals surface area contributed by atoms with Crippen LogP contribution in [0.1, 0.15) is 37.9 Å². The van der Waals surface area contributed by atoms with Gasteiger partial charge in [0, 0.05) is 29.4 Å². The van der Waals surface area contributed by atoms with Crippen LogP contribution in [0, 0.1) is 0 Å². The van der Waals surface area contributed by atoms with Crippen LogP contribution in [0.2, 0.25) is 10.0 Å². The second kappa shape index (κ2) is 9.74. The van der Waals surface area contributed by atoms with Gasteiger partial charge in [-0.05, 0) is 59.7 Å². The lowest BCUT2D eigenvalue weighted by Gasteiger charge is -2.33. The number of anilines is 1. The molecule has 0 saturated heterocycles. The zero-order valence-corrected chi connectivity index (χ0v) is 20.4. The van der Waals surface area contributed by atoms with Crippen LogP contribution in [0.4, 0.5) is 5.69 Å². The van der Waals surface area contributed by atoms with Crippen LogP contribution in [-0.2, 0) is 6.42 Å². The Morgan fingerprint density at radius 2 is 1.72 bits per heavy atom. The molecule has 0 radical (unpaired) electrons. The molecule has 3 aromatic carbocycles. The molecular formula is C28H21Cl2N3O3. The normalized spacial score (nSPS) is 16.4. The van der Waals surface area contributed by atoms with Crippen molar-refractivity contribution < 1.29 is 14.7 Å².